The summed E-state index contributed by atoms with van der Waals surface area (Å²) < 4.78 is 9.56. The van der Waals surface area contributed by atoms with Crippen LogP contribution in [-0.4, -0.2) is 60.9 Å². The maximum absolute atomic E-state index is 12.2. The molecule has 0 saturated carbocycles. The molecule has 0 aliphatic carbocycles. The van der Waals surface area contributed by atoms with Crippen molar-refractivity contribution in [3.8, 4) is 0 Å². The van der Waals surface area contributed by atoms with Crippen molar-refractivity contribution < 1.29 is 33.4 Å². The average Bonchev–Trinajstić information content (AvgIpc) is 2.98. The van der Waals surface area contributed by atoms with Gasteiger partial charge in [0.1, 0.15) is 6.04 Å². The number of benzene rings is 1. The van der Waals surface area contributed by atoms with E-state index < -0.39 is 42.3 Å². The molecular formula is C20H24N2O7. The highest BCUT2D eigenvalue weighted by molar-refractivity contribution is 6.21. The zero-order valence-electron chi connectivity index (χ0n) is 16.6. The molecule has 156 valence electrons. The Morgan fingerprint density at radius 3 is 2.21 bits per heavy atom. The SMILES string of the molecule is CC[C@H](C)[C@@H](NC(=O)COC(=O)CCN1C(=O)c2ccccc2C1=O)C(=O)OC. The number of hydrogen-bond donors (Lipinski definition) is 1. The first-order valence-corrected chi connectivity index (χ1v) is 9.28. The van der Waals surface area contributed by atoms with Crippen LogP contribution in [0.2, 0.25) is 0 Å². The molecule has 0 fully saturated rings. The second-order valence-corrected chi connectivity index (χ2v) is 6.67. The van der Waals surface area contributed by atoms with E-state index in [9.17, 15) is 24.0 Å². The number of nitrogens with zero attached hydrogens (tertiary/aromatic N) is 1. The van der Waals surface area contributed by atoms with Crippen molar-refractivity contribution in [2.75, 3.05) is 20.3 Å². The van der Waals surface area contributed by atoms with Gasteiger partial charge in [-0.3, -0.25) is 24.1 Å². The minimum atomic E-state index is -0.838. The first-order valence-electron chi connectivity index (χ1n) is 9.28. The zero-order chi connectivity index (χ0) is 21.6. The van der Waals surface area contributed by atoms with Gasteiger partial charge in [-0.05, 0) is 18.1 Å². The normalized spacial score (nSPS) is 14.8. The van der Waals surface area contributed by atoms with Crippen molar-refractivity contribution in [3.63, 3.8) is 0 Å². The van der Waals surface area contributed by atoms with Crippen molar-refractivity contribution in [2.24, 2.45) is 5.92 Å². The fraction of sp³-hybridized carbons (Fsp3) is 0.450. The summed E-state index contributed by atoms with van der Waals surface area (Å²) in [6, 6.07) is 5.57. The van der Waals surface area contributed by atoms with E-state index in [1.165, 1.54) is 7.11 Å². The van der Waals surface area contributed by atoms with Crippen LogP contribution in [0.4, 0.5) is 0 Å². The summed E-state index contributed by atoms with van der Waals surface area (Å²) in [5.74, 6) is -3.05. The van der Waals surface area contributed by atoms with E-state index in [1.54, 1.807) is 31.2 Å². The molecule has 9 nitrogen and oxygen atoms in total. The Morgan fingerprint density at radius 2 is 1.69 bits per heavy atom. The van der Waals surface area contributed by atoms with E-state index in [1.807, 2.05) is 6.92 Å². The van der Waals surface area contributed by atoms with Crippen molar-refractivity contribution in [2.45, 2.75) is 32.7 Å². The van der Waals surface area contributed by atoms with Gasteiger partial charge in [-0.15, -0.1) is 0 Å². The fourth-order valence-electron chi connectivity index (χ4n) is 2.87. The van der Waals surface area contributed by atoms with Gasteiger partial charge < -0.3 is 14.8 Å². The lowest BCUT2D eigenvalue weighted by molar-refractivity contribution is -0.151. The summed E-state index contributed by atoms with van der Waals surface area (Å²) >= 11 is 0. The van der Waals surface area contributed by atoms with Crippen LogP contribution >= 0.6 is 0 Å². The number of ether oxygens (including phenoxy) is 2. The molecule has 0 spiro atoms. The second-order valence-electron chi connectivity index (χ2n) is 6.67. The molecule has 1 aromatic carbocycles. The Labute approximate surface area is 168 Å². The summed E-state index contributed by atoms with van der Waals surface area (Å²) in [6.45, 7) is 2.93. The summed E-state index contributed by atoms with van der Waals surface area (Å²) in [7, 11) is 1.23. The van der Waals surface area contributed by atoms with Crippen LogP contribution in [0.5, 0.6) is 0 Å². The van der Waals surface area contributed by atoms with Gasteiger partial charge in [0.2, 0.25) is 0 Å². The molecule has 0 saturated heterocycles. The lowest BCUT2D eigenvalue weighted by Crippen LogP contribution is -2.47. The topological polar surface area (TPSA) is 119 Å². The number of amides is 3. The van der Waals surface area contributed by atoms with Crippen LogP contribution in [0.15, 0.2) is 24.3 Å². The van der Waals surface area contributed by atoms with Gasteiger partial charge in [0.25, 0.3) is 17.7 Å². The fourth-order valence-corrected chi connectivity index (χ4v) is 2.87. The molecule has 0 aromatic heterocycles. The van der Waals surface area contributed by atoms with Gasteiger partial charge in [-0.25, -0.2) is 4.79 Å². The van der Waals surface area contributed by atoms with Crippen LogP contribution in [0.3, 0.4) is 0 Å². The molecule has 29 heavy (non-hydrogen) atoms. The molecule has 0 radical (unpaired) electrons. The Kier molecular flexibility index (Phi) is 7.46. The predicted molar refractivity (Wildman–Crippen MR) is 101 cm³/mol. The minimum absolute atomic E-state index is 0.148. The Bertz CT molecular complexity index is 786. The number of nitrogens with one attached hydrogen (secondary N) is 1. The van der Waals surface area contributed by atoms with Gasteiger partial charge in [-0.1, -0.05) is 32.4 Å². The van der Waals surface area contributed by atoms with Crippen molar-refractivity contribution in [1.29, 1.82) is 0 Å². The maximum atomic E-state index is 12.2. The summed E-state index contributed by atoms with van der Waals surface area (Å²) in [5.41, 5.74) is 0.591. The number of esters is 2. The molecule has 2 atom stereocenters. The number of rotatable bonds is 9. The molecule has 1 aliphatic rings. The van der Waals surface area contributed by atoms with E-state index >= 15 is 0 Å². The zero-order valence-corrected chi connectivity index (χ0v) is 16.6. The molecule has 0 unspecified atom stereocenters. The van der Waals surface area contributed by atoms with E-state index in [4.69, 9.17) is 4.74 Å². The number of methoxy groups -OCH3 is 1. The largest absolute Gasteiger partial charge is 0.467 e. The third-order valence-corrected chi connectivity index (χ3v) is 4.77. The van der Waals surface area contributed by atoms with Crippen LogP contribution in [0.25, 0.3) is 0 Å². The van der Waals surface area contributed by atoms with Gasteiger partial charge in [0.15, 0.2) is 6.61 Å². The Morgan fingerprint density at radius 1 is 1.10 bits per heavy atom. The maximum Gasteiger partial charge on any atom is 0.328 e. The summed E-state index contributed by atoms with van der Waals surface area (Å²) in [6.07, 6.45) is 0.394. The van der Waals surface area contributed by atoms with Gasteiger partial charge in [-0.2, -0.15) is 0 Å². The highest BCUT2D eigenvalue weighted by Gasteiger charge is 2.35. The van der Waals surface area contributed by atoms with Crippen molar-refractivity contribution in [1.82, 2.24) is 10.2 Å². The quantitative estimate of drug-likeness (QED) is 0.480. The lowest BCUT2D eigenvalue weighted by atomic mass is 9.99. The molecule has 2 rings (SSSR count). The first kappa shape index (κ1) is 22.1. The molecule has 9 heteroatoms. The lowest BCUT2D eigenvalue weighted by Gasteiger charge is -2.21. The standard InChI is InChI=1S/C20H24N2O7/c1-4-12(2)17(20(27)28-3)21-15(23)11-29-16(24)9-10-22-18(25)13-7-5-6-8-14(13)19(22)26/h5-8,12,17H,4,9-11H2,1-3H3,(H,21,23)/t12-,17+/m0/s1. The number of imide groups is 1. The van der Waals surface area contributed by atoms with Crippen LogP contribution in [-0.2, 0) is 23.9 Å². The smallest absolute Gasteiger partial charge is 0.328 e. The molecule has 1 aliphatic heterocycles. The number of fused-ring (bicyclic) bond motifs is 1. The average molecular weight is 404 g/mol. The molecule has 1 N–H and O–H groups in total. The first-order chi connectivity index (χ1) is 13.8. The number of carbonyl (C=O) groups is 5. The predicted octanol–water partition coefficient (Wildman–Crippen LogP) is 0.920. The van der Waals surface area contributed by atoms with Crippen molar-refractivity contribution >= 4 is 29.7 Å². The van der Waals surface area contributed by atoms with E-state index in [0.29, 0.717) is 17.5 Å². The molecule has 0 bridgehead atoms. The van der Waals surface area contributed by atoms with E-state index in [2.05, 4.69) is 10.1 Å². The molecular weight excluding hydrogens is 380 g/mol. The highest BCUT2D eigenvalue weighted by atomic mass is 16.5. The monoisotopic (exact) mass is 404 g/mol. The second kappa shape index (κ2) is 9.81. The summed E-state index contributed by atoms with van der Waals surface area (Å²) in [5, 5.41) is 2.49. The van der Waals surface area contributed by atoms with Gasteiger partial charge in [0.05, 0.1) is 24.7 Å². The van der Waals surface area contributed by atoms with Gasteiger partial charge in [0, 0.05) is 6.54 Å². The van der Waals surface area contributed by atoms with Crippen LogP contribution < -0.4 is 5.32 Å². The third-order valence-electron chi connectivity index (χ3n) is 4.77. The van der Waals surface area contributed by atoms with E-state index in [0.717, 1.165) is 4.90 Å². The van der Waals surface area contributed by atoms with Crippen molar-refractivity contribution in [3.05, 3.63) is 35.4 Å². The number of hydrogen-bond acceptors (Lipinski definition) is 7. The molecule has 1 aromatic rings. The molecule has 1 heterocycles. The van der Waals surface area contributed by atoms with E-state index in [-0.39, 0.29) is 18.9 Å². The molecule has 3 amide bonds. The Hall–Kier alpha value is -3.23. The minimum Gasteiger partial charge on any atom is -0.467 e. The van der Waals surface area contributed by atoms with Gasteiger partial charge >= 0.3 is 11.9 Å². The summed E-state index contributed by atoms with van der Waals surface area (Å²) in [4.78, 5) is 61.1. The number of carbonyl (C=O) groups excluding carboxylic acids is 5. The van der Waals surface area contributed by atoms with Crippen LogP contribution in [0, 0.1) is 5.92 Å². The highest BCUT2D eigenvalue weighted by Crippen LogP contribution is 2.22. The Balaban J connectivity index is 1.81. The third kappa shape index (κ3) is 5.18. The van der Waals surface area contributed by atoms with Crippen LogP contribution in [0.1, 0.15) is 47.4 Å².